The fourth-order valence-corrected chi connectivity index (χ4v) is 2.49. The van der Waals surface area contributed by atoms with Gasteiger partial charge in [-0.2, -0.15) is 0 Å². The summed E-state index contributed by atoms with van der Waals surface area (Å²) < 4.78 is 5.19. The van der Waals surface area contributed by atoms with Crippen LogP contribution in [0.25, 0.3) is 0 Å². The highest BCUT2D eigenvalue weighted by molar-refractivity contribution is 6.31. The summed E-state index contributed by atoms with van der Waals surface area (Å²) in [4.78, 5) is 20.7. The van der Waals surface area contributed by atoms with Crippen molar-refractivity contribution in [3.63, 3.8) is 0 Å². The standard InChI is InChI=1S/C19H17ClN4O2/c1-12-6-7-13(20)8-16(12)24-19(25)17-10-18(22-11-21-17)23-14-4-3-5-15(9-14)26-2/h3-11H,1-2H3,(H,24,25)(H,21,22,23). The fourth-order valence-electron chi connectivity index (χ4n) is 2.31. The Balaban J connectivity index is 1.77. The van der Waals surface area contributed by atoms with Gasteiger partial charge in [0.25, 0.3) is 5.91 Å². The van der Waals surface area contributed by atoms with Crippen LogP contribution in [0.5, 0.6) is 5.75 Å². The first kappa shape index (κ1) is 17.7. The van der Waals surface area contributed by atoms with Gasteiger partial charge in [-0.3, -0.25) is 4.79 Å². The molecule has 0 unspecified atom stereocenters. The Bertz CT molecular complexity index is 946. The summed E-state index contributed by atoms with van der Waals surface area (Å²) >= 11 is 5.99. The van der Waals surface area contributed by atoms with Crippen molar-refractivity contribution >= 4 is 34.7 Å². The molecule has 0 saturated heterocycles. The number of carbonyl (C=O) groups is 1. The quantitative estimate of drug-likeness (QED) is 0.696. The lowest BCUT2D eigenvalue weighted by Gasteiger charge is -2.10. The molecule has 0 spiro atoms. The highest BCUT2D eigenvalue weighted by Gasteiger charge is 2.11. The fraction of sp³-hybridized carbons (Fsp3) is 0.105. The SMILES string of the molecule is COc1cccc(Nc2cc(C(=O)Nc3cc(Cl)ccc3C)ncn2)c1. The molecule has 0 radical (unpaired) electrons. The maximum absolute atomic E-state index is 12.5. The molecule has 0 atom stereocenters. The van der Waals surface area contributed by atoms with Gasteiger partial charge in [0.1, 0.15) is 23.6 Å². The van der Waals surface area contributed by atoms with Gasteiger partial charge >= 0.3 is 0 Å². The summed E-state index contributed by atoms with van der Waals surface area (Å²) in [6, 6.07) is 14.3. The number of carbonyl (C=O) groups excluding carboxylic acids is 1. The van der Waals surface area contributed by atoms with Crippen LogP contribution in [-0.4, -0.2) is 23.0 Å². The van der Waals surface area contributed by atoms with Crippen LogP contribution in [0, 0.1) is 6.92 Å². The van der Waals surface area contributed by atoms with Gasteiger partial charge < -0.3 is 15.4 Å². The summed E-state index contributed by atoms with van der Waals surface area (Å²) in [5.74, 6) is 0.881. The average Bonchev–Trinajstić information content (AvgIpc) is 2.65. The number of aromatic nitrogens is 2. The van der Waals surface area contributed by atoms with Crippen LogP contribution in [0.4, 0.5) is 17.2 Å². The zero-order chi connectivity index (χ0) is 18.5. The maximum Gasteiger partial charge on any atom is 0.274 e. The molecule has 1 aromatic heterocycles. The van der Waals surface area contributed by atoms with Crippen molar-refractivity contribution in [2.75, 3.05) is 17.7 Å². The topological polar surface area (TPSA) is 76.1 Å². The number of methoxy groups -OCH3 is 1. The molecule has 1 heterocycles. The van der Waals surface area contributed by atoms with Gasteiger partial charge in [-0.05, 0) is 36.8 Å². The molecular formula is C19H17ClN4O2. The van der Waals surface area contributed by atoms with E-state index in [0.29, 0.717) is 16.5 Å². The van der Waals surface area contributed by atoms with Crippen molar-refractivity contribution in [1.29, 1.82) is 0 Å². The molecule has 0 fully saturated rings. The largest absolute Gasteiger partial charge is 0.497 e. The smallest absolute Gasteiger partial charge is 0.274 e. The number of nitrogens with zero attached hydrogens (tertiary/aromatic N) is 2. The van der Waals surface area contributed by atoms with E-state index in [1.165, 1.54) is 6.33 Å². The Labute approximate surface area is 156 Å². The van der Waals surface area contributed by atoms with Crippen LogP contribution in [0.15, 0.2) is 54.9 Å². The Morgan fingerprint density at radius 2 is 1.96 bits per heavy atom. The van der Waals surface area contributed by atoms with Crippen LogP contribution in [0.2, 0.25) is 5.02 Å². The van der Waals surface area contributed by atoms with Crippen molar-refractivity contribution in [3.05, 3.63) is 71.1 Å². The molecule has 26 heavy (non-hydrogen) atoms. The number of aryl methyl sites for hydroxylation is 1. The van der Waals surface area contributed by atoms with E-state index < -0.39 is 0 Å². The molecule has 0 aliphatic heterocycles. The monoisotopic (exact) mass is 368 g/mol. The van der Waals surface area contributed by atoms with E-state index in [-0.39, 0.29) is 11.6 Å². The van der Waals surface area contributed by atoms with Gasteiger partial charge in [0, 0.05) is 28.5 Å². The van der Waals surface area contributed by atoms with E-state index in [0.717, 1.165) is 17.0 Å². The van der Waals surface area contributed by atoms with Crippen LogP contribution in [-0.2, 0) is 0 Å². The third kappa shape index (κ3) is 4.29. The lowest BCUT2D eigenvalue weighted by molar-refractivity contribution is 0.102. The lowest BCUT2D eigenvalue weighted by Crippen LogP contribution is -2.15. The number of benzene rings is 2. The molecule has 2 N–H and O–H groups in total. The second-order valence-corrected chi connectivity index (χ2v) is 6.00. The van der Waals surface area contributed by atoms with E-state index >= 15 is 0 Å². The Kier molecular flexibility index (Phi) is 5.34. The zero-order valence-corrected chi connectivity index (χ0v) is 15.0. The number of anilines is 3. The molecule has 132 valence electrons. The van der Waals surface area contributed by atoms with Gasteiger partial charge in [-0.1, -0.05) is 23.7 Å². The van der Waals surface area contributed by atoms with Crippen molar-refractivity contribution in [1.82, 2.24) is 9.97 Å². The highest BCUT2D eigenvalue weighted by atomic mass is 35.5. The first-order chi connectivity index (χ1) is 12.5. The minimum absolute atomic E-state index is 0.241. The first-order valence-corrected chi connectivity index (χ1v) is 8.23. The number of ether oxygens (including phenoxy) is 1. The maximum atomic E-state index is 12.5. The summed E-state index contributed by atoms with van der Waals surface area (Å²) in [5.41, 5.74) is 2.58. The Morgan fingerprint density at radius 1 is 1.12 bits per heavy atom. The molecule has 0 aliphatic rings. The van der Waals surface area contributed by atoms with E-state index in [9.17, 15) is 4.79 Å². The predicted octanol–water partition coefficient (Wildman–Crippen LogP) is 4.44. The van der Waals surface area contributed by atoms with E-state index in [1.807, 2.05) is 37.3 Å². The van der Waals surface area contributed by atoms with Crippen molar-refractivity contribution in [2.24, 2.45) is 0 Å². The van der Waals surface area contributed by atoms with Gasteiger partial charge in [0.2, 0.25) is 0 Å². The van der Waals surface area contributed by atoms with Crippen LogP contribution >= 0.6 is 11.6 Å². The molecule has 0 saturated carbocycles. The molecular weight excluding hydrogens is 352 g/mol. The summed E-state index contributed by atoms with van der Waals surface area (Å²) in [6.07, 6.45) is 1.34. The zero-order valence-electron chi connectivity index (χ0n) is 14.3. The van der Waals surface area contributed by atoms with E-state index in [4.69, 9.17) is 16.3 Å². The third-order valence-corrected chi connectivity index (χ3v) is 3.92. The first-order valence-electron chi connectivity index (χ1n) is 7.86. The predicted molar refractivity (Wildman–Crippen MR) is 102 cm³/mol. The number of hydrogen-bond donors (Lipinski definition) is 2. The average molecular weight is 369 g/mol. The molecule has 3 aromatic rings. The Morgan fingerprint density at radius 3 is 2.77 bits per heavy atom. The molecule has 3 rings (SSSR count). The number of amides is 1. The van der Waals surface area contributed by atoms with Gasteiger partial charge in [0.15, 0.2) is 0 Å². The summed E-state index contributed by atoms with van der Waals surface area (Å²) in [7, 11) is 1.60. The molecule has 0 aliphatic carbocycles. The van der Waals surface area contributed by atoms with Crippen LogP contribution in [0.1, 0.15) is 16.1 Å². The highest BCUT2D eigenvalue weighted by Crippen LogP contribution is 2.22. The van der Waals surface area contributed by atoms with Crippen LogP contribution in [0.3, 0.4) is 0 Å². The third-order valence-electron chi connectivity index (χ3n) is 3.69. The van der Waals surface area contributed by atoms with Crippen molar-refractivity contribution < 1.29 is 9.53 Å². The molecule has 2 aromatic carbocycles. The summed E-state index contributed by atoms with van der Waals surface area (Å²) in [6.45, 7) is 1.89. The van der Waals surface area contributed by atoms with E-state index in [1.54, 1.807) is 25.3 Å². The molecule has 6 nitrogen and oxygen atoms in total. The van der Waals surface area contributed by atoms with Crippen molar-refractivity contribution in [3.8, 4) is 5.75 Å². The number of nitrogens with one attached hydrogen (secondary N) is 2. The van der Waals surface area contributed by atoms with E-state index in [2.05, 4.69) is 20.6 Å². The molecule has 7 heteroatoms. The van der Waals surface area contributed by atoms with Gasteiger partial charge in [-0.15, -0.1) is 0 Å². The number of rotatable bonds is 5. The molecule has 1 amide bonds. The Hall–Kier alpha value is -3.12. The normalized spacial score (nSPS) is 10.3. The van der Waals surface area contributed by atoms with Crippen molar-refractivity contribution in [2.45, 2.75) is 6.92 Å². The van der Waals surface area contributed by atoms with Gasteiger partial charge in [-0.25, -0.2) is 9.97 Å². The van der Waals surface area contributed by atoms with Crippen LogP contribution < -0.4 is 15.4 Å². The van der Waals surface area contributed by atoms with Gasteiger partial charge in [0.05, 0.1) is 7.11 Å². The lowest BCUT2D eigenvalue weighted by atomic mass is 10.2. The summed E-state index contributed by atoms with van der Waals surface area (Å²) in [5, 5.41) is 6.49. The minimum Gasteiger partial charge on any atom is -0.497 e. The number of hydrogen-bond acceptors (Lipinski definition) is 5. The molecule has 0 bridgehead atoms. The number of halogens is 1. The minimum atomic E-state index is -0.341. The second kappa shape index (κ2) is 7.84. The second-order valence-electron chi connectivity index (χ2n) is 5.56.